The molecule has 104 valence electrons. The van der Waals surface area contributed by atoms with E-state index >= 15 is 0 Å². The van der Waals surface area contributed by atoms with Crippen molar-refractivity contribution in [2.45, 2.75) is 0 Å². The van der Waals surface area contributed by atoms with Crippen LogP contribution in [-0.4, -0.2) is 44.0 Å². The van der Waals surface area contributed by atoms with Gasteiger partial charge in [-0.1, -0.05) is 18.2 Å². The number of carbonyl (C=O) groups is 1. The molecule has 0 aliphatic carbocycles. The summed E-state index contributed by atoms with van der Waals surface area (Å²) < 4.78 is 0. The van der Waals surface area contributed by atoms with Gasteiger partial charge in [0.15, 0.2) is 0 Å². The van der Waals surface area contributed by atoms with Gasteiger partial charge in [-0.3, -0.25) is 9.78 Å². The summed E-state index contributed by atoms with van der Waals surface area (Å²) in [7, 11) is 7.47. The van der Waals surface area contributed by atoms with Gasteiger partial charge in [0.1, 0.15) is 0 Å². The Morgan fingerprint density at radius 3 is 2.25 bits per heavy atom. The van der Waals surface area contributed by atoms with Crippen LogP contribution in [0.2, 0.25) is 0 Å². The Hall–Kier alpha value is -2.36. The third kappa shape index (κ3) is 2.79. The van der Waals surface area contributed by atoms with E-state index in [9.17, 15) is 4.79 Å². The normalized spacial score (nSPS) is 10.2. The summed E-state index contributed by atoms with van der Waals surface area (Å²) in [6, 6.07) is 11.8. The van der Waals surface area contributed by atoms with Gasteiger partial charge in [0, 0.05) is 45.6 Å². The van der Waals surface area contributed by atoms with Gasteiger partial charge >= 0.3 is 0 Å². The van der Waals surface area contributed by atoms with E-state index < -0.39 is 0 Å². The number of carbonyl (C=O) groups excluding carboxylic acids is 1. The molecule has 1 amide bonds. The molecule has 1 aromatic heterocycles. The molecule has 0 spiro atoms. The molecule has 0 unspecified atom stereocenters. The van der Waals surface area contributed by atoms with Crippen molar-refractivity contribution in [2.75, 3.05) is 33.1 Å². The van der Waals surface area contributed by atoms with E-state index in [1.165, 1.54) is 0 Å². The zero-order valence-electron chi connectivity index (χ0n) is 12.3. The molecule has 0 bridgehead atoms. The van der Waals surface area contributed by atoms with E-state index in [4.69, 9.17) is 0 Å². The predicted octanol–water partition coefficient (Wildman–Crippen LogP) is 2.52. The fourth-order valence-electron chi connectivity index (χ4n) is 2.02. The fourth-order valence-corrected chi connectivity index (χ4v) is 2.02. The van der Waals surface area contributed by atoms with Crippen molar-refractivity contribution in [1.29, 1.82) is 0 Å². The number of pyridine rings is 1. The van der Waals surface area contributed by atoms with Crippen LogP contribution in [0.25, 0.3) is 11.3 Å². The fraction of sp³-hybridized carbons (Fsp3) is 0.250. The molecule has 4 nitrogen and oxygen atoms in total. The number of amides is 1. The van der Waals surface area contributed by atoms with Crippen molar-refractivity contribution >= 4 is 11.6 Å². The summed E-state index contributed by atoms with van der Waals surface area (Å²) in [4.78, 5) is 19.9. The number of anilines is 1. The molecule has 0 saturated carbocycles. The van der Waals surface area contributed by atoms with E-state index in [0.29, 0.717) is 5.56 Å². The average Bonchev–Trinajstić information content (AvgIpc) is 2.46. The van der Waals surface area contributed by atoms with E-state index in [-0.39, 0.29) is 5.91 Å². The van der Waals surface area contributed by atoms with Crippen molar-refractivity contribution in [3.63, 3.8) is 0 Å². The van der Waals surface area contributed by atoms with Gasteiger partial charge in [-0.15, -0.1) is 0 Å². The number of aromatic nitrogens is 1. The molecule has 0 atom stereocenters. The highest BCUT2D eigenvalue weighted by molar-refractivity contribution is 5.94. The number of para-hydroxylation sites is 1. The van der Waals surface area contributed by atoms with E-state index in [1.54, 1.807) is 25.2 Å². The summed E-state index contributed by atoms with van der Waals surface area (Å²) in [5.74, 6) is -0.0371. The van der Waals surface area contributed by atoms with Crippen molar-refractivity contribution in [3.05, 3.63) is 48.2 Å². The van der Waals surface area contributed by atoms with E-state index in [0.717, 1.165) is 16.9 Å². The Kier molecular flexibility index (Phi) is 4.03. The molecule has 1 heterocycles. The second-order valence-corrected chi connectivity index (χ2v) is 5.04. The zero-order valence-corrected chi connectivity index (χ0v) is 12.3. The van der Waals surface area contributed by atoms with Crippen LogP contribution in [-0.2, 0) is 0 Å². The first-order chi connectivity index (χ1) is 9.50. The highest BCUT2D eigenvalue weighted by atomic mass is 16.2. The summed E-state index contributed by atoms with van der Waals surface area (Å²) >= 11 is 0. The Balaban J connectivity index is 2.38. The van der Waals surface area contributed by atoms with Crippen molar-refractivity contribution < 1.29 is 4.79 Å². The zero-order chi connectivity index (χ0) is 14.7. The molecule has 0 aliphatic rings. The highest BCUT2D eigenvalue weighted by Crippen LogP contribution is 2.28. The summed E-state index contributed by atoms with van der Waals surface area (Å²) in [5.41, 5.74) is 3.62. The Morgan fingerprint density at radius 1 is 1.00 bits per heavy atom. The first-order valence-corrected chi connectivity index (χ1v) is 6.45. The van der Waals surface area contributed by atoms with Crippen molar-refractivity contribution in [1.82, 2.24) is 9.88 Å². The van der Waals surface area contributed by atoms with E-state index in [2.05, 4.69) is 16.0 Å². The second-order valence-electron chi connectivity index (χ2n) is 5.04. The van der Waals surface area contributed by atoms with Crippen LogP contribution in [0.15, 0.2) is 42.6 Å². The molecule has 4 heteroatoms. The summed E-state index contributed by atoms with van der Waals surface area (Å²) in [5, 5.41) is 0. The Labute approximate surface area is 119 Å². The molecule has 0 radical (unpaired) electrons. The molecular formula is C16H19N3O. The lowest BCUT2D eigenvalue weighted by atomic mass is 10.1. The molecule has 0 N–H and O–H groups in total. The maximum atomic E-state index is 11.8. The lowest BCUT2D eigenvalue weighted by Gasteiger charge is -2.17. The second kappa shape index (κ2) is 5.74. The van der Waals surface area contributed by atoms with E-state index in [1.807, 2.05) is 44.4 Å². The standard InChI is InChI=1S/C16H19N3O/c1-18(2)15-8-6-5-7-13(15)14-10-9-12(11-17-14)16(20)19(3)4/h5-11H,1-4H3. The van der Waals surface area contributed by atoms with Crippen LogP contribution in [0, 0.1) is 0 Å². The summed E-state index contributed by atoms with van der Waals surface area (Å²) in [6.45, 7) is 0. The largest absolute Gasteiger partial charge is 0.377 e. The smallest absolute Gasteiger partial charge is 0.254 e. The minimum absolute atomic E-state index is 0.0371. The molecule has 2 aromatic rings. The molecule has 0 aliphatic heterocycles. The van der Waals surface area contributed by atoms with Gasteiger partial charge in [0.2, 0.25) is 0 Å². The predicted molar refractivity (Wildman–Crippen MR) is 82.0 cm³/mol. The molecule has 20 heavy (non-hydrogen) atoms. The monoisotopic (exact) mass is 269 g/mol. The first kappa shape index (κ1) is 14.1. The molecule has 2 rings (SSSR count). The summed E-state index contributed by atoms with van der Waals surface area (Å²) in [6.07, 6.45) is 1.63. The van der Waals surface area contributed by atoms with Crippen LogP contribution < -0.4 is 4.90 Å². The third-order valence-electron chi connectivity index (χ3n) is 3.08. The van der Waals surface area contributed by atoms with Crippen molar-refractivity contribution in [2.24, 2.45) is 0 Å². The Bertz CT molecular complexity index is 603. The maximum absolute atomic E-state index is 11.8. The maximum Gasteiger partial charge on any atom is 0.254 e. The highest BCUT2D eigenvalue weighted by Gasteiger charge is 2.11. The van der Waals surface area contributed by atoms with Gasteiger partial charge in [-0.2, -0.15) is 0 Å². The van der Waals surface area contributed by atoms with Gasteiger partial charge in [0.05, 0.1) is 11.3 Å². The SMILES string of the molecule is CN(C)C(=O)c1ccc(-c2ccccc2N(C)C)nc1. The van der Waals surface area contributed by atoms with Crippen molar-refractivity contribution in [3.8, 4) is 11.3 Å². The minimum Gasteiger partial charge on any atom is -0.377 e. The number of rotatable bonds is 3. The van der Waals surface area contributed by atoms with Crippen LogP contribution in [0.5, 0.6) is 0 Å². The van der Waals surface area contributed by atoms with Crippen LogP contribution in [0.3, 0.4) is 0 Å². The topological polar surface area (TPSA) is 36.4 Å². The quantitative estimate of drug-likeness (QED) is 0.859. The number of benzene rings is 1. The van der Waals surface area contributed by atoms with Crippen LogP contribution >= 0.6 is 0 Å². The third-order valence-corrected chi connectivity index (χ3v) is 3.08. The van der Waals surface area contributed by atoms with Gasteiger partial charge in [0.25, 0.3) is 5.91 Å². The minimum atomic E-state index is -0.0371. The van der Waals surface area contributed by atoms with Gasteiger partial charge < -0.3 is 9.80 Å². The van der Waals surface area contributed by atoms with Gasteiger partial charge in [-0.25, -0.2) is 0 Å². The van der Waals surface area contributed by atoms with Crippen LogP contribution in [0.1, 0.15) is 10.4 Å². The molecule has 0 saturated heterocycles. The number of hydrogen-bond donors (Lipinski definition) is 0. The number of hydrogen-bond acceptors (Lipinski definition) is 3. The molecular weight excluding hydrogens is 250 g/mol. The molecule has 0 fully saturated rings. The Morgan fingerprint density at radius 2 is 1.70 bits per heavy atom. The lowest BCUT2D eigenvalue weighted by molar-refractivity contribution is 0.0827. The lowest BCUT2D eigenvalue weighted by Crippen LogP contribution is -2.21. The van der Waals surface area contributed by atoms with Crippen LogP contribution in [0.4, 0.5) is 5.69 Å². The first-order valence-electron chi connectivity index (χ1n) is 6.45. The molecule has 1 aromatic carbocycles. The van der Waals surface area contributed by atoms with Gasteiger partial charge in [-0.05, 0) is 18.2 Å². The average molecular weight is 269 g/mol. The number of nitrogens with zero attached hydrogens (tertiary/aromatic N) is 3.